The fourth-order valence-electron chi connectivity index (χ4n) is 2.85. The number of benzene rings is 2. The highest BCUT2D eigenvalue weighted by atomic mass is 35.5. The highest BCUT2D eigenvalue weighted by Gasteiger charge is 2.20. The maximum Gasteiger partial charge on any atom is 0.349 e. The predicted molar refractivity (Wildman–Crippen MR) is 128 cm³/mol. The van der Waals surface area contributed by atoms with Gasteiger partial charge in [0.1, 0.15) is 9.75 Å². The van der Waals surface area contributed by atoms with E-state index in [0.717, 1.165) is 16.0 Å². The van der Waals surface area contributed by atoms with Crippen LogP contribution in [0.4, 0.5) is 0 Å². The zero-order chi connectivity index (χ0) is 24.4. The van der Waals surface area contributed by atoms with Crippen LogP contribution in [0.1, 0.15) is 19.3 Å². The Morgan fingerprint density at radius 2 is 1.21 bits per heavy atom. The fourth-order valence-corrected chi connectivity index (χ4v) is 5.64. The number of phenolic OH excluding ortho intramolecular Hbond substituents is 2. The number of hydrogen-bond donors (Lipinski definition) is 3. The molecule has 33 heavy (non-hydrogen) atoms. The van der Waals surface area contributed by atoms with E-state index in [0.29, 0.717) is 31.8 Å². The van der Waals surface area contributed by atoms with E-state index in [9.17, 15) is 19.8 Å². The van der Waals surface area contributed by atoms with Crippen molar-refractivity contribution in [3.8, 4) is 23.0 Å². The summed E-state index contributed by atoms with van der Waals surface area (Å²) in [6, 6.07) is 6.07. The van der Waals surface area contributed by atoms with E-state index in [4.69, 9.17) is 37.8 Å². The Kier molecular flexibility index (Phi) is 7.43. The molecule has 0 atom stereocenters. The van der Waals surface area contributed by atoms with Crippen LogP contribution in [0.2, 0.25) is 10.0 Å². The molecule has 3 N–H and O–H groups in total. The van der Waals surface area contributed by atoms with E-state index in [-0.39, 0.29) is 26.4 Å². The minimum absolute atomic E-state index is 0.0175. The van der Waals surface area contributed by atoms with Gasteiger partial charge in [0.2, 0.25) is 0 Å². The second-order valence-electron chi connectivity index (χ2n) is 6.33. The quantitative estimate of drug-likeness (QED) is 0.273. The first-order chi connectivity index (χ1) is 15.6. The molecule has 0 unspecified atom stereocenters. The van der Waals surface area contributed by atoms with Gasteiger partial charge in [-0.3, -0.25) is 0 Å². The van der Waals surface area contributed by atoms with E-state index < -0.39 is 11.9 Å². The molecule has 8 nitrogen and oxygen atoms in total. The third-order valence-electron chi connectivity index (χ3n) is 4.42. The summed E-state index contributed by atoms with van der Waals surface area (Å²) in [6.45, 7) is 0. The normalized spacial score (nSPS) is 10.6. The Morgan fingerprint density at radius 3 is 1.61 bits per heavy atom. The second-order valence-corrected chi connectivity index (χ2v) is 9.19. The molecule has 12 heteroatoms. The molecular weight excluding hydrogens is 515 g/mol. The molecule has 174 valence electrons. The first-order valence-electron chi connectivity index (χ1n) is 8.92. The second kappa shape index (κ2) is 9.92. The molecule has 0 amide bonds. The average Bonchev–Trinajstić information content (AvgIpc) is 3.29. The van der Waals surface area contributed by atoms with Crippen LogP contribution in [0.5, 0.6) is 23.0 Å². The van der Waals surface area contributed by atoms with Gasteiger partial charge in [0.15, 0.2) is 23.0 Å². The Balaban J connectivity index is 0.000000186. The number of hydrogen-bond acceptors (Lipinski definition) is 9. The molecule has 0 aliphatic carbocycles. The van der Waals surface area contributed by atoms with Gasteiger partial charge in [-0.25, -0.2) is 9.59 Å². The predicted octanol–water partition coefficient (Wildman–Crippen LogP) is 6.02. The zero-order valence-electron chi connectivity index (χ0n) is 17.3. The summed E-state index contributed by atoms with van der Waals surface area (Å²) < 4.78 is 16.0. The van der Waals surface area contributed by atoms with E-state index in [1.165, 1.54) is 44.8 Å². The summed E-state index contributed by atoms with van der Waals surface area (Å²) in [5.41, 5.74) is 0. The molecule has 4 rings (SSSR count). The van der Waals surface area contributed by atoms with Crippen LogP contribution >= 0.6 is 45.9 Å². The number of carboxylic acid groups (broad SMARTS) is 1. The van der Waals surface area contributed by atoms with Gasteiger partial charge in [-0.2, -0.15) is 0 Å². The van der Waals surface area contributed by atoms with Gasteiger partial charge in [0.25, 0.3) is 0 Å². The average molecular weight is 531 g/mol. The van der Waals surface area contributed by atoms with Crippen LogP contribution in [0.3, 0.4) is 0 Å². The summed E-state index contributed by atoms with van der Waals surface area (Å²) >= 11 is 14.2. The number of methoxy groups -OCH3 is 3. The lowest BCUT2D eigenvalue weighted by molar-refractivity contribution is 0.0605. The first kappa shape index (κ1) is 24.7. The van der Waals surface area contributed by atoms with Gasteiger partial charge in [-0.15, -0.1) is 22.7 Å². The molecule has 2 aromatic heterocycles. The van der Waals surface area contributed by atoms with Gasteiger partial charge >= 0.3 is 11.9 Å². The highest BCUT2D eigenvalue weighted by molar-refractivity contribution is 7.22. The van der Waals surface area contributed by atoms with Gasteiger partial charge < -0.3 is 29.5 Å². The smallest absolute Gasteiger partial charge is 0.349 e. The Morgan fingerprint density at radius 1 is 0.788 bits per heavy atom. The lowest BCUT2D eigenvalue weighted by atomic mass is 10.2. The van der Waals surface area contributed by atoms with Gasteiger partial charge in [0, 0.05) is 32.3 Å². The number of aromatic hydroxyl groups is 2. The maximum atomic E-state index is 11.5. The number of halogens is 2. The Bertz CT molecular complexity index is 1380. The largest absolute Gasteiger partial charge is 0.504 e. The summed E-state index contributed by atoms with van der Waals surface area (Å²) in [7, 11) is 4.17. The molecule has 2 heterocycles. The lowest BCUT2D eigenvalue weighted by Gasteiger charge is -2.02. The Hall–Kier alpha value is -2.92. The first-order valence-corrected chi connectivity index (χ1v) is 11.3. The number of carbonyl (C=O) groups excluding carboxylic acids is 1. The highest BCUT2D eigenvalue weighted by Crippen LogP contribution is 2.42. The van der Waals surface area contributed by atoms with Crippen LogP contribution in [-0.4, -0.2) is 48.6 Å². The summed E-state index contributed by atoms with van der Waals surface area (Å²) in [4.78, 5) is 22.7. The summed E-state index contributed by atoms with van der Waals surface area (Å²) in [5.74, 6) is -1.02. The number of carboxylic acids is 1. The van der Waals surface area contributed by atoms with Gasteiger partial charge in [0.05, 0.1) is 31.4 Å². The third kappa shape index (κ3) is 4.74. The fraction of sp³-hybridized carbons (Fsp3) is 0.143. The van der Waals surface area contributed by atoms with Crippen LogP contribution in [0.25, 0.3) is 20.2 Å². The van der Waals surface area contributed by atoms with Crippen molar-refractivity contribution in [2.24, 2.45) is 0 Å². The molecule has 0 saturated heterocycles. The minimum Gasteiger partial charge on any atom is -0.504 e. The van der Waals surface area contributed by atoms with Crippen molar-refractivity contribution in [1.29, 1.82) is 0 Å². The van der Waals surface area contributed by atoms with Crippen molar-refractivity contribution in [3.05, 3.63) is 44.1 Å². The molecule has 0 spiro atoms. The number of carbonyl (C=O) groups is 2. The third-order valence-corrected chi connectivity index (χ3v) is 7.71. The van der Waals surface area contributed by atoms with Gasteiger partial charge in [-0.1, -0.05) is 23.2 Å². The van der Waals surface area contributed by atoms with Crippen LogP contribution in [-0.2, 0) is 4.74 Å². The van der Waals surface area contributed by atoms with Crippen molar-refractivity contribution >= 4 is 78.0 Å². The lowest BCUT2D eigenvalue weighted by Crippen LogP contribution is -1.97. The summed E-state index contributed by atoms with van der Waals surface area (Å²) in [6.07, 6.45) is 0. The molecule has 2 aromatic carbocycles. The Labute approximate surface area is 205 Å². The monoisotopic (exact) mass is 530 g/mol. The van der Waals surface area contributed by atoms with Crippen LogP contribution < -0.4 is 9.47 Å². The summed E-state index contributed by atoms with van der Waals surface area (Å²) in [5, 5.41) is 29.6. The molecule has 0 fully saturated rings. The van der Waals surface area contributed by atoms with Gasteiger partial charge in [-0.05, 0) is 12.1 Å². The number of esters is 1. The molecular formula is C21H16Cl2O8S2. The maximum absolute atomic E-state index is 11.5. The topological polar surface area (TPSA) is 123 Å². The van der Waals surface area contributed by atoms with Crippen LogP contribution in [0, 0.1) is 0 Å². The van der Waals surface area contributed by atoms with E-state index >= 15 is 0 Å². The van der Waals surface area contributed by atoms with Crippen molar-refractivity contribution in [2.75, 3.05) is 21.3 Å². The van der Waals surface area contributed by atoms with E-state index in [1.807, 2.05) is 0 Å². The van der Waals surface area contributed by atoms with Crippen molar-refractivity contribution in [1.82, 2.24) is 0 Å². The van der Waals surface area contributed by atoms with E-state index in [2.05, 4.69) is 4.74 Å². The number of ether oxygens (including phenoxy) is 3. The number of thiophene rings is 2. The van der Waals surface area contributed by atoms with Crippen LogP contribution in [0.15, 0.2) is 24.3 Å². The molecule has 0 aliphatic rings. The van der Waals surface area contributed by atoms with E-state index in [1.54, 1.807) is 12.1 Å². The molecule has 0 saturated carbocycles. The number of phenols is 2. The standard InChI is InChI=1S/C11H9ClO4S.C10H7ClO4S/c1-15-7-4-8-5(3-6(7)13)9(12)10(17-8)11(14)16-2;1-15-6-3-7-4(2-5(6)12)8(11)9(16-7)10(13)14/h3-4,13H,1-2H3;2-3,12H,1H3,(H,13,14). The SMILES string of the molecule is COC(=O)c1sc2cc(OC)c(O)cc2c1Cl.COc1cc2sc(C(=O)O)c(Cl)c2cc1O. The number of rotatable bonds is 4. The number of fused-ring (bicyclic) bond motifs is 2. The van der Waals surface area contributed by atoms with Crippen molar-refractivity contribution < 1.29 is 39.1 Å². The molecule has 0 bridgehead atoms. The van der Waals surface area contributed by atoms with Crippen molar-refractivity contribution in [2.45, 2.75) is 0 Å². The zero-order valence-corrected chi connectivity index (χ0v) is 20.4. The number of aromatic carboxylic acids is 1. The molecule has 4 aromatic rings. The minimum atomic E-state index is -1.08. The molecule has 0 aliphatic heterocycles. The van der Waals surface area contributed by atoms with Crippen molar-refractivity contribution in [3.63, 3.8) is 0 Å². The molecule has 0 radical (unpaired) electrons.